The van der Waals surface area contributed by atoms with Crippen LogP contribution in [0.1, 0.15) is 5.56 Å². The van der Waals surface area contributed by atoms with Crippen molar-refractivity contribution in [2.24, 2.45) is 0 Å². The van der Waals surface area contributed by atoms with E-state index >= 15 is 0 Å². The molecule has 112 valence electrons. The number of anilines is 1. The summed E-state index contributed by atoms with van der Waals surface area (Å²) in [6, 6.07) is 10.2. The average molecular weight is 307 g/mol. The third kappa shape index (κ3) is 3.93. The molecule has 0 bridgehead atoms. The van der Waals surface area contributed by atoms with Gasteiger partial charge in [-0.3, -0.25) is 0 Å². The summed E-state index contributed by atoms with van der Waals surface area (Å²) in [6.07, 6.45) is 1.90. The van der Waals surface area contributed by atoms with Crippen molar-refractivity contribution >= 4 is 15.8 Å². The number of hydrogen-bond acceptors (Lipinski definition) is 5. The fourth-order valence-electron chi connectivity index (χ4n) is 1.91. The summed E-state index contributed by atoms with van der Waals surface area (Å²) >= 11 is 0. The van der Waals surface area contributed by atoms with Crippen LogP contribution in [0.15, 0.2) is 47.5 Å². The standard InChI is InChI=1S/C14H17N3O3S/c1-20-13-5-3-2-4-11(13)6-9-17-21(18,19)12-7-8-16-14(15)10-12/h2-5,7-8,10,17H,6,9H2,1H3,(H2,15,16). The second-order valence-electron chi connectivity index (χ2n) is 4.38. The highest BCUT2D eigenvalue weighted by Gasteiger charge is 2.14. The van der Waals surface area contributed by atoms with Crippen molar-refractivity contribution in [2.75, 3.05) is 19.4 Å². The number of sulfonamides is 1. The number of rotatable bonds is 6. The Morgan fingerprint density at radius 2 is 2.05 bits per heavy atom. The number of nitrogens with two attached hydrogens (primary N) is 1. The number of benzene rings is 1. The van der Waals surface area contributed by atoms with E-state index in [2.05, 4.69) is 9.71 Å². The Morgan fingerprint density at radius 1 is 1.29 bits per heavy atom. The normalized spacial score (nSPS) is 11.3. The molecule has 3 N–H and O–H groups in total. The van der Waals surface area contributed by atoms with E-state index in [1.165, 1.54) is 18.3 Å². The number of methoxy groups -OCH3 is 1. The van der Waals surface area contributed by atoms with Crippen molar-refractivity contribution in [3.05, 3.63) is 48.2 Å². The number of nitrogens with zero attached hydrogens (tertiary/aromatic N) is 1. The maximum absolute atomic E-state index is 12.1. The lowest BCUT2D eigenvalue weighted by atomic mass is 10.1. The van der Waals surface area contributed by atoms with E-state index in [1.54, 1.807) is 7.11 Å². The first-order valence-electron chi connectivity index (χ1n) is 6.36. The highest BCUT2D eigenvalue weighted by molar-refractivity contribution is 7.89. The van der Waals surface area contributed by atoms with Crippen molar-refractivity contribution < 1.29 is 13.2 Å². The molecule has 1 heterocycles. The highest BCUT2D eigenvalue weighted by Crippen LogP contribution is 2.17. The van der Waals surface area contributed by atoms with E-state index in [-0.39, 0.29) is 17.3 Å². The smallest absolute Gasteiger partial charge is 0.240 e. The van der Waals surface area contributed by atoms with Gasteiger partial charge < -0.3 is 10.5 Å². The number of para-hydroxylation sites is 1. The molecule has 21 heavy (non-hydrogen) atoms. The molecule has 2 aromatic rings. The van der Waals surface area contributed by atoms with E-state index < -0.39 is 10.0 Å². The van der Waals surface area contributed by atoms with E-state index in [1.807, 2.05) is 24.3 Å². The van der Waals surface area contributed by atoms with Crippen LogP contribution < -0.4 is 15.2 Å². The van der Waals surface area contributed by atoms with Gasteiger partial charge in [0.25, 0.3) is 0 Å². The van der Waals surface area contributed by atoms with Crippen molar-refractivity contribution in [1.29, 1.82) is 0 Å². The molecule has 0 fully saturated rings. The molecule has 0 aliphatic carbocycles. The van der Waals surface area contributed by atoms with Crippen LogP contribution in [-0.4, -0.2) is 27.1 Å². The summed E-state index contributed by atoms with van der Waals surface area (Å²) in [4.78, 5) is 3.88. The summed E-state index contributed by atoms with van der Waals surface area (Å²) in [6.45, 7) is 0.269. The van der Waals surface area contributed by atoms with Crippen LogP contribution in [0.3, 0.4) is 0 Å². The Balaban J connectivity index is 2.03. The first-order valence-corrected chi connectivity index (χ1v) is 7.84. The van der Waals surface area contributed by atoms with Gasteiger partial charge in [-0.25, -0.2) is 18.1 Å². The topological polar surface area (TPSA) is 94.3 Å². The highest BCUT2D eigenvalue weighted by atomic mass is 32.2. The van der Waals surface area contributed by atoms with Gasteiger partial charge in [-0.15, -0.1) is 0 Å². The number of ether oxygens (including phenoxy) is 1. The number of aromatic nitrogens is 1. The molecule has 0 saturated carbocycles. The molecule has 1 aromatic heterocycles. The molecule has 0 atom stereocenters. The number of nitrogen functional groups attached to an aromatic ring is 1. The van der Waals surface area contributed by atoms with Gasteiger partial charge in [0.2, 0.25) is 10.0 Å². The Kier molecular flexibility index (Phi) is 4.77. The molecule has 0 aliphatic rings. The Bertz CT molecular complexity index is 717. The lowest BCUT2D eigenvalue weighted by Gasteiger charge is -2.09. The van der Waals surface area contributed by atoms with Gasteiger partial charge in [-0.2, -0.15) is 0 Å². The zero-order valence-corrected chi connectivity index (χ0v) is 12.4. The summed E-state index contributed by atoms with van der Waals surface area (Å²) < 4.78 is 32.0. The summed E-state index contributed by atoms with van der Waals surface area (Å²) in [5.74, 6) is 0.910. The van der Waals surface area contributed by atoms with Crippen LogP contribution in [0.25, 0.3) is 0 Å². The minimum atomic E-state index is -3.58. The predicted molar refractivity (Wildman–Crippen MR) is 80.5 cm³/mol. The van der Waals surface area contributed by atoms with Gasteiger partial charge >= 0.3 is 0 Å². The quantitative estimate of drug-likeness (QED) is 0.836. The van der Waals surface area contributed by atoms with Crippen molar-refractivity contribution in [3.63, 3.8) is 0 Å². The largest absolute Gasteiger partial charge is 0.496 e. The second kappa shape index (κ2) is 6.55. The lowest BCUT2D eigenvalue weighted by Crippen LogP contribution is -2.26. The first-order chi connectivity index (χ1) is 10.0. The zero-order chi connectivity index (χ0) is 15.3. The minimum absolute atomic E-state index is 0.107. The third-order valence-corrected chi connectivity index (χ3v) is 4.40. The first kappa shape index (κ1) is 15.3. The molecule has 7 heteroatoms. The van der Waals surface area contributed by atoms with Crippen LogP contribution in [0, 0.1) is 0 Å². The zero-order valence-electron chi connectivity index (χ0n) is 11.6. The van der Waals surface area contributed by atoms with E-state index in [0.29, 0.717) is 6.42 Å². The molecular weight excluding hydrogens is 290 g/mol. The van der Waals surface area contributed by atoms with Gasteiger partial charge in [0.1, 0.15) is 11.6 Å². The maximum Gasteiger partial charge on any atom is 0.240 e. The van der Waals surface area contributed by atoms with Gasteiger partial charge in [0.05, 0.1) is 12.0 Å². The van der Waals surface area contributed by atoms with Gasteiger partial charge in [-0.1, -0.05) is 18.2 Å². The van der Waals surface area contributed by atoms with Crippen LogP contribution >= 0.6 is 0 Å². The molecule has 1 aromatic carbocycles. The lowest BCUT2D eigenvalue weighted by molar-refractivity contribution is 0.409. The summed E-state index contributed by atoms with van der Waals surface area (Å²) in [5.41, 5.74) is 6.43. The van der Waals surface area contributed by atoms with Crippen molar-refractivity contribution in [3.8, 4) is 5.75 Å². The van der Waals surface area contributed by atoms with E-state index in [4.69, 9.17) is 10.5 Å². The Hall–Kier alpha value is -2.12. The molecule has 0 amide bonds. The average Bonchev–Trinajstić information content (AvgIpc) is 2.47. The SMILES string of the molecule is COc1ccccc1CCNS(=O)(=O)c1ccnc(N)c1. The van der Waals surface area contributed by atoms with Crippen molar-refractivity contribution in [1.82, 2.24) is 9.71 Å². The fraction of sp³-hybridized carbons (Fsp3) is 0.214. The number of nitrogens with one attached hydrogen (secondary N) is 1. The predicted octanol–water partition coefficient (Wildman–Crippen LogP) is 1.19. The maximum atomic E-state index is 12.1. The Morgan fingerprint density at radius 3 is 2.76 bits per heavy atom. The molecule has 0 aliphatic heterocycles. The molecule has 2 rings (SSSR count). The molecule has 0 saturated heterocycles. The number of hydrogen-bond donors (Lipinski definition) is 2. The summed E-state index contributed by atoms with van der Waals surface area (Å²) in [7, 11) is -2.00. The van der Waals surface area contributed by atoms with Crippen LogP contribution in [-0.2, 0) is 16.4 Å². The second-order valence-corrected chi connectivity index (χ2v) is 6.14. The van der Waals surface area contributed by atoms with E-state index in [9.17, 15) is 8.42 Å². The van der Waals surface area contributed by atoms with Crippen LogP contribution in [0.2, 0.25) is 0 Å². The van der Waals surface area contributed by atoms with Crippen molar-refractivity contribution in [2.45, 2.75) is 11.3 Å². The van der Waals surface area contributed by atoms with Gasteiger partial charge in [-0.05, 0) is 24.1 Å². The molecular formula is C14H17N3O3S. The number of pyridine rings is 1. The molecule has 0 radical (unpaired) electrons. The van der Waals surface area contributed by atoms with Gasteiger partial charge in [0.15, 0.2) is 0 Å². The molecule has 6 nitrogen and oxygen atoms in total. The van der Waals surface area contributed by atoms with Crippen LogP contribution in [0.5, 0.6) is 5.75 Å². The molecule has 0 unspecified atom stereocenters. The monoisotopic (exact) mass is 307 g/mol. The fourth-order valence-corrected chi connectivity index (χ4v) is 2.96. The van der Waals surface area contributed by atoms with E-state index in [0.717, 1.165) is 11.3 Å². The van der Waals surface area contributed by atoms with Crippen LogP contribution in [0.4, 0.5) is 5.82 Å². The Labute approximate surface area is 124 Å². The van der Waals surface area contributed by atoms with Gasteiger partial charge in [0, 0.05) is 18.8 Å². The third-order valence-electron chi connectivity index (χ3n) is 2.94. The summed E-state index contributed by atoms with van der Waals surface area (Å²) in [5, 5.41) is 0. The molecule has 0 spiro atoms. The minimum Gasteiger partial charge on any atom is -0.496 e.